The Morgan fingerprint density at radius 2 is 1.89 bits per heavy atom. The number of carbonyl (C=O) groups is 1. The normalized spacial score (nSPS) is 29.6. The second-order valence-electron chi connectivity index (χ2n) is 5.29. The average molecular weight is 410 g/mol. The summed E-state index contributed by atoms with van der Waals surface area (Å²) in [4.78, 5) is 14.8. The maximum atomic E-state index is 12.8. The molecule has 1 aromatic rings. The summed E-state index contributed by atoms with van der Waals surface area (Å²) in [6.07, 6.45) is 4.00. The first kappa shape index (κ1) is 14.0. The summed E-state index contributed by atoms with van der Waals surface area (Å²) in [5.74, 6) is 0.114. The highest BCUT2D eigenvalue weighted by Crippen LogP contribution is 2.39. The van der Waals surface area contributed by atoms with Crippen molar-refractivity contribution < 1.29 is 4.79 Å². The summed E-state index contributed by atoms with van der Waals surface area (Å²) in [6.45, 7) is 0. The van der Waals surface area contributed by atoms with Crippen LogP contribution < -0.4 is 0 Å². The van der Waals surface area contributed by atoms with Gasteiger partial charge in [0.25, 0.3) is 5.91 Å². The Bertz CT molecular complexity index is 508. The summed E-state index contributed by atoms with van der Waals surface area (Å²) in [5, 5.41) is 0.836. The van der Waals surface area contributed by atoms with Crippen molar-refractivity contribution in [2.75, 3.05) is 0 Å². The van der Waals surface area contributed by atoms with Crippen LogP contribution in [-0.4, -0.2) is 28.3 Å². The van der Waals surface area contributed by atoms with Crippen LogP contribution in [0.3, 0.4) is 0 Å². The molecule has 102 valence electrons. The molecule has 5 heteroatoms. The van der Waals surface area contributed by atoms with Gasteiger partial charge in [0.15, 0.2) is 0 Å². The van der Waals surface area contributed by atoms with Crippen LogP contribution in [0.25, 0.3) is 0 Å². The Labute approximate surface area is 136 Å². The van der Waals surface area contributed by atoms with Gasteiger partial charge < -0.3 is 4.90 Å². The maximum Gasteiger partial charge on any atom is 0.255 e. The van der Waals surface area contributed by atoms with Gasteiger partial charge in [-0.05, 0) is 66.5 Å². The molecule has 0 aliphatic carbocycles. The van der Waals surface area contributed by atoms with E-state index in [1.165, 1.54) is 0 Å². The molecule has 0 radical (unpaired) electrons. The van der Waals surface area contributed by atoms with E-state index in [1.807, 2.05) is 17.0 Å². The fourth-order valence-electron chi connectivity index (χ4n) is 3.24. The molecule has 0 aromatic heterocycles. The van der Waals surface area contributed by atoms with E-state index in [2.05, 4.69) is 22.6 Å². The molecule has 0 spiro atoms. The number of amides is 1. The molecule has 3 rings (SSSR count). The third kappa shape index (κ3) is 2.61. The standard InChI is InChI=1S/C14H14Cl2INO/c15-8-1-4-13(17)12(7-8)14(19)18-10-2-3-11(18)6-9(16)5-10/h1,4,7,9-11H,2-3,5-6H2. The number of rotatable bonds is 1. The third-order valence-corrected chi connectivity index (χ3v) is 5.60. The minimum atomic E-state index is 0.114. The molecule has 2 saturated heterocycles. The number of carbonyl (C=O) groups excluding carboxylic acids is 1. The summed E-state index contributed by atoms with van der Waals surface area (Å²) < 4.78 is 0.958. The highest BCUT2D eigenvalue weighted by molar-refractivity contribution is 14.1. The van der Waals surface area contributed by atoms with E-state index in [-0.39, 0.29) is 11.3 Å². The van der Waals surface area contributed by atoms with Crippen molar-refractivity contribution in [2.45, 2.75) is 43.1 Å². The van der Waals surface area contributed by atoms with Crippen LogP contribution >= 0.6 is 45.8 Å². The van der Waals surface area contributed by atoms with Gasteiger partial charge in [-0.25, -0.2) is 0 Å². The second kappa shape index (κ2) is 5.41. The zero-order valence-electron chi connectivity index (χ0n) is 10.3. The highest BCUT2D eigenvalue weighted by Gasteiger charge is 2.43. The van der Waals surface area contributed by atoms with Crippen LogP contribution in [-0.2, 0) is 0 Å². The summed E-state index contributed by atoms with van der Waals surface area (Å²) >= 11 is 14.5. The Kier molecular flexibility index (Phi) is 3.98. The van der Waals surface area contributed by atoms with Gasteiger partial charge in [0.05, 0.1) is 5.56 Å². The van der Waals surface area contributed by atoms with Crippen molar-refractivity contribution in [3.63, 3.8) is 0 Å². The van der Waals surface area contributed by atoms with E-state index in [9.17, 15) is 4.79 Å². The molecule has 0 saturated carbocycles. The Morgan fingerprint density at radius 3 is 2.53 bits per heavy atom. The van der Waals surface area contributed by atoms with Crippen molar-refractivity contribution in [3.05, 3.63) is 32.4 Å². The van der Waals surface area contributed by atoms with E-state index in [4.69, 9.17) is 23.2 Å². The summed E-state index contributed by atoms with van der Waals surface area (Å²) in [6, 6.07) is 6.11. The molecule has 2 heterocycles. The van der Waals surface area contributed by atoms with Crippen molar-refractivity contribution in [1.82, 2.24) is 4.90 Å². The number of nitrogens with zero attached hydrogens (tertiary/aromatic N) is 1. The molecule has 0 N–H and O–H groups in total. The van der Waals surface area contributed by atoms with Gasteiger partial charge in [-0.3, -0.25) is 4.79 Å². The molecule has 2 fully saturated rings. The topological polar surface area (TPSA) is 20.3 Å². The average Bonchev–Trinajstić information content (AvgIpc) is 2.64. The molecular formula is C14H14Cl2INO. The lowest BCUT2D eigenvalue weighted by molar-refractivity contribution is 0.0598. The predicted octanol–water partition coefficient (Wildman–Crippen LogP) is 4.32. The first-order valence-corrected chi connectivity index (χ1v) is 8.37. The van der Waals surface area contributed by atoms with Gasteiger partial charge in [-0.1, -0.05) is 11.6 Å². The van der Waals surface area contributed by atoms with Gasteiger partial charge in [-0.2, -0.15) is 0 Å². The molecule has 2 nitrogen and oxygen atoms in total. The van der Waals surface area contributed by atoms with Crippen molar-refractivity contribution in [1.29, 1.82) is 0 Å². The van der Waals surface area contributed by atoms with Crippen LogP contribution in [0.4, 0.5) is 0 Å². The smallest absolute Gasteiger partial charge is 0.255 e. The van der Waals surface area contributed by atoms with E-state index < -0.39 is 0 Å². The zero-order valence-corrected chi connectivity index (χ0v) is 14.0. The van der Waals surface area contributed by atoms with Crippen molar-refractivity contribution in [3.8, 4) is 0 Å². The number of piperidine rings is 1. The van der Waals surface area contributed by atoms with Crippen LogP contribution in [0, 0.1) is 3.57 Å². The SMILES string of the molecule is O=C(c1cc(Cl)ccc1I)N1C2CCC1CC(Cl)C2. The fourth-order valence-corrected chi connectivity index (χ4v) is 4.39. The first-order valence-electron chi connectivity index (χ1n) is 6.48. The predicted molar refractivity (Wildman–Crippen MR) is 86.0 cm³/mol. The van der Waals surface area contributed by atoms with Crippen LogP contribution in [0.15, 0.2) is 18.2 Å². The maximum absolute atomic E-state index is 12.8. The van der Waals surface area contributed by atoms with Crippen molar-refractivity contribution >= 4 is 51.7 Å². The van der Waals surface area contributed by atoms with Crippen LogP contribution in [0.5, 0.6) is 0 Å². The van der Waals surface area contributed by atoms with Crippen LogP contribution in [0.1, 0.15) is 36.0 Å². The number of benzene rings is 1. The monoisotopic (exact) mass is 409 g/mol. The van der Waals surface area contributed by atoms with Gasteiger partial charge >= 0.3 is 0 Å². The fraction of sp³-hybridized carbons (Fsp3) is 0.500. The van der Waals surface area contributed by atoms with Gasteiger partial charge in [0, 0.05) is 26.1 Å². The first-order chi connectivity index (χ1) is 9.06. The zero-order chi connectivity index (χ0) is 13.6. The molecule has 2 aliphatic heterocycles. The second-order valence-corrected chi connectivity index (χ2v) is 7.51. The largest absolute Gasteiger partial charge is 0.333 e. The van der Waals surface area contributed by atoms with E-state index in [1.54, 1.807) is 6.07 Å². The van der Waals surface area contributed by atoms with Gasteiger partial charge in [0.1, 0.15) is 0 Å². The minimum Gasteiger partial charge on any atom is -0.333 e. The number of halogens is 3. The minimum absolute atomic E-state index is 0.114. The molecular weight excluding hydrogens is 396 g/mol. The molecule has 2 unspecified atom stereocenters. The van der Waals surface area contributed by atoms with Gasteiger partial charge in [0.2, 0.25) is 0 Å². The summed E-state index contributed by atoms with van der Waals surface area (Å²) in [5.41, 5.74) is 0.720. The Hall–Kier alpha value is -0.000000000000000111. The van der Waals surface area contributed by atoms with Gasteiger partial charge in [-0.15, -0.1) is 11.6 Å². The van der Waals surface area contributed by atoms with E-state index in [0.717, 1.165) is 34.8 Å². The molecule has 1 amide bonds. The number of hydrogen-bond acceptors (Lipinski definition) is 1. The third-order valence-electron chi connectivity index (χ3n) is 4.07. The molecule has 2 atom stereocenters. The quantitative estimate of drug-likeness (QED) is 0.499. The van der Waals surface area contributed by atoms with Crippen molar-refractivity contribution in [2.24, 2.45) is 0 Å². The molecule has 1 aromatic carbocycles. The van der Waals surface area contributed by atoms with E-state index in [0.29, 0.717) is 17.1 Å². The molecule has 2 aliphatic rings. The lowest BCUT2D eigenvalue weighted by Crippen LogP contribution is -2.47. The lowest BCUT2D eigenvalue weighted by atomic mass is 10.0. The Morgan fingerprint density at radius 1 is 1.26 bits per heavy atom. The highest BCUT2D eigenvalue weighted by atomic mass is 127. The lowest BCUT2D eigenvalue weighted by Gasteiger charge is -2.37. The summed E-state index contributed by atoms with van der Waals surface area (Å²) in [7, 11) is 0. The number of alkyl halides is 1. The molecule has 2 bridgehead atoms. The molecule has 19 heavy (non-hydrogen) atoms. The number of fused-ring (bicyclic) bond motifs is 2. The van der Waals surface area contributed by atoms with E-state index >= 15 is 0 Å². The number of hydrogen-bond donors (Lipinski definition) is 0. The Balaban J connectivity index is 1.90. The van der Waals surface area contributed by atoms with Crippen LogP contribution in [0.2, 0.25) is 5.02 Å².